The van der Waals surface area contributed by atoms with E-state index in [1.54, 1.807) is 14.2 Å². The molecule has 1 unspecified atom stereocenters. The van der Waals surface area contributed by atoms with Gasteiger partial charge in [-0.3, -0.25) is 4.79 Å². The molecule has 1 amide bonds. The number of imidazole rings is 1. The Balaban J connectivity index is 1.25. The number of ether oxygens (including phenoxy) is 3. The Hall–Kier alpha value is -5.56. The molecule has 47 heavy (non-hydrogen) atoms. The topological polar surface area (TPSA) is 74.1 Å². The molecular weight excluding hydrogens is 586 g/mol. The van der Waals surface area contributed by atoms with Gasteiger partial charge in [0.15, 0.2) is 11.4 Å². The molecule has 0 fully saturated rings. The van der Waals surface area contributed by atoms with Gasteiger partial charge in [-0.2, -0.15) is 0 Å². The number of pyridine rings is 1. The summed E-state index contributed by atoms with van der Waals surface area (Å²) in [6.45, 7) is 0.959. The van der Waals surface area contributed by atoms with Crippen molar-refractivity contribution < 1.29 is 19.0 Å². The third-order valence-electron chi connectivity index (χ3n) is 8.45. The van der Waals surface area contributed by atoms with Crippen LogP contribution in [0.4, 0.5) is 0 Å². The third kappa shape index (κ3) is 7.64. The first-order chi connectivity index (χ1) is 23.1. The number of nitrogens with one attached hydrogen (secondary N) is 1. The van der Waals surface area contributed by atoms with Gasteiger partial charge >= 0.3 is 0 Å². The zero-order valence-corrected chi connectivity index (χ0v) is 26.7. The van der Waals surface area contributed by atoms with Crippen LogP contribution in [0.15, 0.2) is 134 Å². The summed E-state index contributed by atoms with van der Waals surface area (Å²) in [4.78, 5) is 18.5. The van der Waals surface area contributed by atoms with Crippen molar-refractivity contribution in [2.24, 2.45) is 0 Å². The van der Waals surface area contributed by atoms with E-state index in [4.69, 9.17) is 19.2 Å². The van der Waals surface area contributed by atoms with Crippen molar-refractivity contribution in [2.45, 2.75) is 31.3 Å². The largest absolute Gasteiger partial charge is 0.497 e. The lowest BCUT2D eigenvalue weighted by Crippen LogP contribution is -2.28. The molecule has 0 radical (unpaired) electrons. The second-order valence-corrected chi connectivity index (χ2v) is 11.4. The van der Waals surface area contributed by atoms with Crippen LogP contribution in [0.2, 0.25) is 0 Å². The summed E-state index contributed by atoms with van der Waals surface area (Å²) in [7, 11) is 3.25. The van der Waals surface area contributed by atoms with E-state index in [9.17, 15) is 4.79 Å². The van der Waals surface area contributed by atoms with Crippen molar-refractivity contribution >= 4 is 11.6 Å². The number of carbonyl (C=O) groups excluding carboxylic acids is 1. The normalized spacial score (nSPS) is 11.7. The molecule has 2 heterocycles. The number of carbonyl (C=O) groups is 1. The van der Waals surface area contributed by atoms with E-state index < -0.39 is 0 Å². The highest BCUT2D eigenvalue weighted by molar-refractivity contribution is 5.77. The van der Waals surface area contributed by atoms with Gasteiger partial charge < -0.3 is 23.9 Å². The van der Waals surface area contributed by atoms with Crippen LogP contribution in [-0.4, -0.2) is 36.1 Å². The van der Waals surface area contributed by atoms with E-state index in [-0.39, 0.29) is 24.2 Å². The van der Waals surface area contributed by atoms with Gasteiger partial charge in [-0.05, 0) is 52.9 Å². The van der Waals surface area contributed by atoms with E-state index in [1.807, 2.05) is 89.6 Å². The molecule has 0 aliphatic carbocycles. The lowest BCUT2D eigenvalue weighted by molar-refractivity contribution is -0.121. The predicted octanol–water partition coefficient (Wildman–Crippen LogP) is 7.79. The zero-order valence-electron chi connectivity index (χ0n) is 26.7. The average molecular weight is 626 g/mol. The van der Waals surface area contributed by atoms with E-state index in [2.05, 4.69) is 53.8 Å². The summed E-state index contributed by atoms with van der Waals surface area (Å²) in [5.74, 6) is 1.75. The molecule has 4 aromatic carbocycles. The van der Waals surface area contributed by atoms with Crippen LogP contribution in [0.5, 0.6) is 17.2 Å². The Bertz CT molecular complexity index is 1830. The van der Waals surface area contributed by atoms with E-state index in [1.165, 1.54) is 11.1 Å². The zero-order chi connectivity index (χ0) is 32.4. The monoisotopic (exact) mass is 625 g/mol. The second kappa shape index (κ2) is 15.1. The summed E-state index contributed by atoms with van der Waals surface area (Å²) >= 11 is 0. The van der Waals surface area contributed by atoms with Crippen LogP contribution in [0, 0.1) is 0 Å². The average Bonchev–Trinajstić information content (AvgIpc) is 3.57. The van der Waals surface area contributed by atoms with Crippen LogP contribution >= 0.6 is 0 Å². The molecular formula is C40H39N3O4. The van der Waals surface area contributed by atoms with Crippen LogP contribution in [0.25, 0.3) is 5.65 Å². The van der Waals surface area contributed by atoms with Gasteiger partial charge in [-0.25, -0.2) is 4.98 Å². The minimum Gasteiger partial charge on any atom is -0.497 e. The number of rotatable bonds is 14. The van der Waals surface area contributed by atoms with E-state index in [0.29, 0.717) is 36.0 Å². The molecule has 1 N–H and O–H groups in total. The van der Waals surface area contributed by atoms with Gasteiger partial charge in [-0.1, -0.05) is 91.0 Å². The smallest absolute Gasteiger partial charge is 0.221 e. The number of benzene rings is 4. The number of hydrogen-bond acceptors (Lipinski definition) is 5. The fraction of sp³-hybridized carbons (Fsp3) is 0.200. The SMILES string of the molecule is COc1cc(OC)cc(C(CC(=O)NCCC(c2ccccc2)c2ccccc2)c2cnc3c(OCc4ccccc4)cccn23)c1. The minimum atomic E-state index is -0.336. The first-order valence-corrected chi connectivity index (χ1v) is 15.8. The molecule has 0 aliphatic rings. The van der Waals surface area contributed by atoms with Crippen molar-refractivity contribution in [3.8, 4) is 17.2 Å². The standard InChI is InChI=1S/C40H39N3O4/c1-45-33-23-32(24-34(25-33)46-2)36(37-27-42-40-38(19-12-22-43(37)40)47-28-29-13-6-3-7-14-29)26-39(44)41-21-20-35(30-15-8-4-9-16-30)31-17-10-5-11-18-31/h3-19,22-25,27,35-36H,20-21,26,28H2,1-2H3,(H,41,44). The number of nitrogens with zero attached hydrogens (tertiary/aromatic N) is 2. The van der Waals surface area contributed by atoms with Crippen molar-refractivity contribution in [3.63, 3.8) is 0 Å². The molecule has 0 spiro atoms. The number of fused-ring (bicyclic) bond motifs is 1. The molecule has 238 valence electrons. The summed E-state index contributed by atoms with van der Waals surface area (Å²) in [6, 6.07) is 40.5. The summed E-state index contributed by atoms with van der Waals surface area (Å²) < 4.78 is 19.4. The molecule has 0 saturated heterocycles. The minimum absolute atomic E-state index is 0.0527. The Morgan fingerprint density at radius 3 is 1.98 bits per heavy atom. The fourth-order valence-corrected chi connectivity index (χ4v) is 6.04. The number of hydrogen-bond donors (Lipinski definition) is 1. The molecule has 7 nitrogen and oxygen atoms in total. The lowest BCUT2D eigenvalue weighted by Gasteiger charge is -2.21. The van der Waals surface area contributed by atoms with Gasteiger partial charge in [0.1, 0.15) is 18.1 Å². The Labute approximate surface area is 275 Å². The molecule has 0 bridgehead atoms. The van der Waals surface area contributed by atoms with Crippen molar-refractivity contribution in [3.05, 3.63) is 162 Å². The van der Waals surface area contributed by atoms with Crippen molar-refractivity contribution in [1.29, 1.82) is 0 Å². The first-order valence-electron chi connectivity index (χ1n) is 15.8. The van der Waals surface area contributed by atoms with Gasteiger partial charge in [0.25, 0.3) is 0 Å². The maximum Gasteiger partial charge on any atom is 0.221 e. The predicted molar refractivity (Wildman–Crippen MR) is 184 cm³/mol. The molecule has 1 atom stereocenters. The van der Waals surface area contributed by atoms with Crippen molar-refractivity contribution in [1.82, 2.24) is 14.7 Å². The maximum atomic E-state index is 13.7. The molecule has 6 rings (SSSR count). The highest BCUT2D eigenvalue weighted by Gasteiger charge is 2.25. The summed E-state index contributed by atoms with van der Waals surface area (Å²) in [6.07, 6.45) is 4.77. The maximum absolute atomic E-state index is 13.7. The molecule has 6 aromatic rings. The van der Waals surface area contributed by atoms with Crippen LogP contribution < -0.4 is 19.5 Å². The van der Waals surface area contributed by atoms with Crippen LogP contribution in [0.3, 0.4) is 0 Å². The van der Waals surface area contributed by atoms with Crippen LogP contribution in [0.1, 0.15) is 52.6 Å². The van der Waals surface area contributed by atoms with Gasteiger partial charge in [0.2, 0.25) is 5.91 Å². The van der Waals surface area contributed by atoms with E-state index >= 15 is 0 Å². The molecule has 0 aliphatic heterocycles. The molecule has 2 aromatic heterocycles. The summed E-state index contributed by atoms with van der Waals surface area (Å²) in [5, 5.41) is 3.21. The van der Waals surface area contributed by atoms with Gasteiger partial charge in [-0.15, -0.1) is 0 Å². The van der Waals surface area contributed by atoms with Crippen LogP contribution in [-0.2, 0) is 11.4 Å². The van der Waals surface area contributed by atoms with Crippen molar-refractivity contribution in [2.75, 3.05) is 20.8 Å². The number of aromatic nitrogens is 2. The van der Waals surface area contributed by atoms with Gasteiger partial charge in [0.05, 0.1) is 19.9 Å². The molecule has 7 heteroatoms. The summed E-state index contributed by atoms with van der Waals surface area (Å²) in [5.41, 5.74) is 5.96. The highest BCUT2D eigenvalue weighted by Crippen LogP contribution is 2.35. The van der Waals surface area contributed by atoms with Gasteiger partial charge in [0, 0.05) is 43.3 Å². The Morgan fingerprint density at radius 1 is 0.745 bits per heavy atom. The first kappa shape index (κ1) is 31.4. The van der Waals surface area contributed by atoms with E-state index in [0.717, 1.165) is 23.2 Å². The lowest BCUT2D eigenvalue weighted by atomic mass is 9.88. The number of methoxy groups -OCH3 is 2. The highest BCUT2D eigenvalue weighted by atomic mass is 16.5. The fourth-order valence-electron chi connectivity index (χ4n) is 6.04. The quantitative estimate of drug-likeness (QED) is 0.134. The third-order valence-corrected chi connectivity index (χ3v) is 8.45. The number of amides is 1. The molecule has 0 saturated carbocycles. The Kier molecular flexibility index (Phi) is 10.1. The second-order valence-electron chi connectivity index (χ2n) is 11.4. The Morgan fingerprint density at radius 2 is 1.36 bits per heavy atom.